The number of hydrogen-bond acceptors (Lipinski definition) is 4. The fourth-order valence-electron chi connectivity index (χ4n) is 3.69. The van der Waals surface area contributed by atoms with E-state index >= 15 is 0 Å². The van der Waals surface area contributed by atoms with Crippen LogP contribution in [0.25, 0.3) is 11.3 Å². The van der Waals surface area contributed by atoms with Crippen molar-refractivity contribution in [3.63, 3.8) is 0 Å². The van der Waals surface area contributed by atoms with E-state index in [0.717, 1.165) is 35.5 Å². The van der Waals surface area contributed by atoms with Gasteiger partial charge in [-0.2, -0.15) is 13.2 Å². The van der Waals surface area contributed by atoms with Gasteiger partial charge in [0.25, 0.3) is 0 Å². The maximum atomic E-state index is 13.4. The molecule has 1 aliphatic heterocycles. The van der Waals surface area contributed by atoms with Crippen molar-refractivity contribution in [1.29, 1.82) is 0 Å². The number of hydrogen-bond donors (Lipinski definition) is 0. The Morgan fingerprint density at radius 2 is 1.77 bits per heavy atom. The predicted molar refractivity (Wildman–Crippen MR) is 115 cm³/mol. The molecule has 0 aliphatic carbocycles. The van der Waals surface area contributed by atoms with Crippen LogP contribution < -0.4 is 4.90 Å². The molecule has 4 rings (SSSR count). The Morgan fingerprint density at radius 1 is 1.10 bits per heavy atom. The molecule has 0 spiro atoms. The highest BCUT2D eigenvalue weighted by Gasteiger charge is 2.36. The van der Waals surface area contributed by atoms with Crippen molar-refractivity contribution >= 4 is 23.4 Å². The van der Waals surface area contributed by atoms with Crippen LogP contribution in [0.2, 0.25) is 0 Å². The number of anilines is 1. The Morgan fingerprint density at radius 3 is 2.48 bits per heavy atom. The summed E-state index contributed by atoms with van der Waals surface area (Å²) in [5.41, 5.74) is 1.64. The van der Waals surface area contributed by atoms with Gasteiger partial charge in [0.2, 0.25) is 5.91 Å². The highest BCUT2D eigenvalue weighted by Crippen LogP contribution is 2.36. The fourth-order valence-corrected chi connectivity index (χ4v) is 4.52. The van der Waals surface area contributed by atoms with E-state index in [1.807, 2.05) is 31.2 Å². The standard InChI is InChI=1S/C23H20F3N3OS/c1-14-12-17-10-6-7-11-19(17)29(14)21(30)15(2)31-22-27-18(16-8-4-3-5-9-16)13-20(28-22)23(24,25)26/h3-11,13-15H,12H2,1-2H3/t14-,15-/m1/s1. The molecular formula is C23H20F3N3OS. The number of alkyl halides is 3. The van der Waals surface area contributed by atoms with Crippen molar-refractivity contribution < 1.29 is 18.0 Å². The van der Waals surface area contributed by atoms with E-state index in [1.54, 1.807) is 42.2 Å². The lowest BCUT2D eigenvalue weighted by atomic mass is 10.1. The maximum absolute atomic E-state index is 13.4. The lowest BCUT2D eigenvalue weighted by Crippen LogP contribution is -2.40. The molecule has 2 heterocycles. The summed E-state index contributed by atoms with van der Waals surface area (Å²) in [6, 6.07) is 17.2. The Bertz CT molecular complexity index is 1100. The number of fused-ring (bicyclic) bond motifs is 1. The van der Waals surface area contributed by atoms with Gasteiger partial charge in [-0.3, -0.25) is 4.79 Å². The Labute approximate surface area is 182 Å². The van der Waals surface area contributed by atoms with Gasteiger partial charge in [0.05, 0.1) is 10.9 Å². The normalized spacial score (nSPS) is 16.8. The monoisotopic (exact) mass is 443 g/mol. The van der Waals surface area contributed by atoms with Gasteiger partial charge in [0.15, 0.2) is 5.16 Å². The molecule has 0 bridgehead atoms. The molecule has 2 atom stereocenters. The number of nitrogens with zero attached hydrogens (tertiary/aromatic N) is 3. The van der Waals surface area contributed by atoms with Crippen LogP contribution in [0.3, 0.4) is 0 Å². The summed E-state index contributed by atoms with van der Waals surface area (Å²) >= 11 is 0.941. The summed E-state index contributed by atoms with van der Waals surface area (Å²) in [6.45, 7) is 3.63. The van der Waals surface area contributed by atoms with E-state index in [2.05, 4.69) is 9.97 Å². The van der Waals surface area contributed by atoms with E-state index < -0.39 is 17.1 Å². The minimum atomic E-state index is -4.61. The summed E-state index contributed by atoms with van der Waals surface area (Å²) in [4.78, 5) is 22.9. The van der Waals surface area contributed by atoms with Gasteiger partial charge in [-0.25, -0.2) is 9.97 Å². The molecule has 4 nitrogen and oxygen atoms in total. The third-order valence-corrected chi connectivity index (χ3v) is 6.09. The lowest BCUT2D eigenvalue weighted by Gasteiger charge is -2.25. The van der Waals surface area contributed by atoms with Crippen LogP contribution in [0.1, 0.15) is 25.1 Å². The van der Waals surface area contributed by atoms with Crippen LogP contribution in [0.15, 0.2) is 65.8 Å². The highest BCUT2D eigenvalue weighted by atomic mass is 32.2. The molecule has 1 aliphatic rings. The van der Waals surface area contributed by atoms with Crippen molar-refractivity contribution in [1.82, 2.24) is 9.97 Å². The quantitative estimate of drug-likeness (QED) is 0.388. The number of halogens is 3. The van der Waals surface area contributed by atoms with Gasteiger partial charge in [0.1, 0.15) is 5.69 Å². The third kappa shape index (κ3) is 4.44. The number of aromatic nitrogens is 2. The molecule has 0 radical (unpaired) electrons. The minimum absolute atomic E-state index is 0.0183. The second-order valence-corrected chi connectivity index (χ2v) is 8.74. The average Bonchev–Trinajstić information content (AvgIpc) is 3.08. The zero-order valence-electron chi connectivity index (χ0n) is 16.9. The van der Waals surface area contributed by atoms with Crippen LogP contribution in [0.4, 0.5) is 18.9 Å². The number of carbonyl (C=O) groups excluding carboxylic acids is 1. The van der Waals surface area contributed by atoms with E-state index in [1.165, 1.54) is 0 Å². The molecule has 0 saturated heterocycles. The van der Waals surface area contributed by atoms with E-state index in [9.17, 15) is 18.0 Å². The minimum Gasteiger partial charge on any atom is -0.308 e. The van der Waals surface area contributed by atoms with Crippen LogP contribution in [0.5, 0.6) is 0 Å². The van der Waals surface area contributed by atoms with Crippen molar-refractivity contribution in [3.05, 3.63) is 71.9 Å². The molecule has 0 unspecified atom stereocenters. The van der Waals surface area contributed by atoms with Gasteiger partial charge < -0.3 is 4.90 Å². The number of para-hydroxylation sites is 1. The SMILES string of the molecule is C[C@@H]1Cc2ccccc2N1C(=O)[C@@H](C)Sc1nc(-c2ccccc2)cc(C(F)(F)F)n1. The number of thioether (sulfide) groups is 1. The molecule has 0 N–H and O–H groups in total. The highest BCUT2D eigenvalue weighted by molar-refractivity contribution is 8.00. The van der Waals surface area contributed by atoms with Crippen molar-refractivity contribution in [3.8, 4) is 11.3 Å². The number of benzene rings is 2. The zero-order valence-corrected chi connectivity index (χ0v) is 17.7. The largest absolute Gasteiger partial charge is 0.433 e. The molecule has 1 amide bonds. The third-order valence-electron chi connectivity index (χ3n) is 5.14. The number of amides is 1. The van der Waals surface area contributed by atoms with Crippen molar-refractivity contribution in [2.24, 2.45) is 0 Å². The lowest BCUT2D eigenvalue weighted by molar-refractivity contribution is -0.141. The van der Waals surface area contributed by atoms with Gasteiger partial charge in [-0.05, 0) is 38.0 Å². The first-order chi connectivity index (χ1) is 14.7. The molecule has 3 aromatic rings. The number of carbonyl (C=O) groups is 1. The van der Waals surface area contributed by atoms with E-state index in [4.69, 9.17) is 0 Å². The molecule has 2 aromatic carbocycles. The maximum Gasteiger partial charge on any atom is 0.433 e. The first-order valence-corrected chi connectivity index (χ1v) is 10.7. The fraction of sp³-hybridized carbons (Fsp3) is 0.261. The van der Waals surface area contributed by atoms with E-state index in [-0.39, 0.29) is 22.8 Å². The Balaban J connectivity index is 1.63. The molecule has 160 valence electrons. The molecular weight excluding hydrogens is 423 g/mol. The van der Waals surface area contributed by atoms with E-state index in [0.29, 0.717) is 5.56 Å². The van der Waals surface area contributed by atoms with Gasteiger partial charge in [-0.15, -0.1) is 0 Å². The summed E-state index contributed by atoms with van der Waals surface area (Å²) < 4.78 is 40.3. The molecule has 31 heavy (non-hydrogen) atoms. The first kappa shape index (κ1) is 21.4. The summed E-state index contributed by atoms with van der Waals surface area (Å²) in [5.74, 6) is -0.176. The molecule has 1 aromatic heterocycles. The summed E-state index contributed by atoms with van der Waals surface area (Å²) in [6.07, 6.45) is -3.87. The van der Waals surface area contributed by atoms with Crippen LogP contribution in [-0.2, 0) is 17.4 Å². The zero-order chi connectivity index (χ0) is 22.2. The molecule has 8 heteroatoms. The first-order valence-electron chi connectivity index (χ1n) is 9.83. The second-order valence-electron chi connectivity index (χ2n) is 7.43. The van der Waals surface area contributed by atoms with Crippen LogP contribution in [0, 0.1) is 0 Å². The topological polar surface area (TPSA) is 46.1 Å². The summed E-state index contributed by atoms with van der Waals surface area (Å²) in [5, 5.41) is -0.727. The van der Waals surface area contributed by atoms with Gasteiger partial charge in [-0.1, -0.05) is 60.3 Å². The average molecular weight is 443 g/mol. The van der Waals surface area contributed by atoms with Crippen LogP contribution in [-0.4, -0.2) is 27.2 Å². The Kier molecular flexibility index (Phi) is 5.75. The molecule has 0 saturated carbocycles. The van der Waals surface area contributed by atoms with Gasteiger partial charge in [0, 0.05) is 17.3 Å². The second kappa shape index (κ2) is 8.34. The van der Waals surface area contributed by atoms with Gasteiger partial charge >= 0.3 is 6.18 Å². The predicted octanol–water partition coefficient (Wildman–Crippen LogP) is 5.62. The Hall–Kier alpha value is -2.87. The summed E-state index contributed by atoms with van der Waals surface area (Å²) in [7, 11) is 0. The van der Waals surface area contributed by atoms with Crippen LogP contribution >= 0.6 is 11.8 Å². The number of rotatable bonds is 4. The van der Waals surface area contributed by atoms with Crippen molar-refractivity contribution in [2.75, 3.05) is 4.90 Å². The smallest absolute Gasteiger partial charge is 0.308 e. The van der Waals surface area contributed by atoms with Crippen molar-refractivity contribution in [2.45, 2.75) is 42.9 Å². The molecule has 0 fully saturated rings.